The molecule has 0 radical (unpaired) electrons. The number of nitrogens with zero attached hydrogens (tertiary/aromatic N) is 3. The number of hydrogen-bond donors (Lipinski definition) is 2. The number of carbonyl (C=O) groups is 1. The molecule has 1 saturated heterocycles. The Kier molecular flexibility index (Phi) is 2.65. The number of rotatable bonds is 3. The maximum Gasteiger partial charge on any atom is 0.288 e. The number of primary amides is 1. The highest BCUT2D eigenvalue weighted by Crippen LogP contribution is 2.26. The first-order valence-corrected chi connectivity index (χ1v) is 4.77. The zero-order valence-corrected chi connectivity index (χ0v) is 8.17. The number of carbonyl (C=O) groups excluding carboxylic acids is 1. The van der Waals surface area contributed by atoms with E-state index in [1.807, 2.05) is 0 Å². The molecule has 0 bridgehead atoms. The van der Waals surface area contributed by atoms with Gasteiger partial charge in [0.15, 0.2) is 6.23 Å². The van der Waals surface area contributed by atoms with Crippen molar-refractivity contribution < 1.29 is 9.53 Å². The van der Waals surface area contributed by atoms with E-state index in [0.717, 1.165) is 12.8 Å². The van der Waals surface area contributed by atoms with Gasteiger partial charge in [-0.05, 0) is 12.8 Å². The van der Waals surface area contributed by atoms with E-state index in [1.165, 1.54) is 11.0 Å². The molecule has 4 N–H and O–H groups in total. The molecule has 2 heterocycles. The quantitative estimate of drug-likeness (QED) is 0.667. The second kappa shape index (κ2) is 3.95. The highest BCUT2D eigenvalue weighted by molar-refractivity contribution is 5.88. The fraction of sp³-hybridized carbons (Fsp3) is 0.625. The number of nitrogens with two attached hydrogens (primary N) is 2. The van der Waals surface area contributed by atoms with Gasteiger partial charge in [-0.25, -0.2) is 9.67 Å². The van der Waals surface area contributed by atoms with Gasteiger partial charge in [0, 0.05) is 6.54 Å². The smallest absolute Gasteiger partial charge is 0.288 e. The average Bonchev–Trinajstić information content (AvgIpc) is 2.86. The Hall–Kier alpha value is -1.47. The van der Waals surface area contributed by atoms with E-state index in [4.69, 9.17) is 16.2 Å². The second-order valence-corrected chi connectivity index (χ2v) is 3.44. The van der Waals surface area contributed by atoms with Gasteiger partial charge in [-0.2, -0.15) is 0 Å². The molecule has 1 aromatic rings. The summed E-state index contributed by atoms with van der Waals surface area (Å²) in [5.41, 5.74) is 10.5. The van der Waals surface area contributed by atoms with E-state index < -0.39 is 5.91 Å². The predicted molar refractivity (Wildman–Crippen MR) is 50.7 cm³/mol. The van der Waals surface area contributed by atoms with Crippen LogP contribution >= 0.6 is 0 Å². The largest absolute Gasteiger partial charge is 0.363 e. The third kappa shape index (κ3) is 1.97. The van der Waals surface area contributed by atoms with Crippen LogP contribution < -0.4 is 11.5 Å². The highest BCUT2D eigenvalue weighted by atomic mass is 16.5. The van der Waals surface area contributed by atoms with E-state index in [9.17, 15) is 4.79 Å². The SMILES string of the molecule is NCC1CCC(n2cnc(C(N)=O)n2)O1. The summed E-state index contributed by atoms with van der Waals surface area (Å²) >= 11 is 0. The fourth-order valence-electron chi connectivity index (χ4n) is 1.58. The van der Waals surface area contributed by atoms with Crippen molar-refractivity contribution in [1.82, 2.24) is 14.8 Å². The summed E-state index contributed by atoms with van der Waals surface area (Å²) in [6.45, 7) is 0.494. The van der Waals surface area contributed by atoms with Crippen molar-refractivity contribution in [2.45, 2.75) is 25.2 Å². The lowest BCUT2D eigenvalue weighted by atomic mass is 10.2. The zero-order chi connectivity index (χ0) is 10.8. The third-order valence-corrected chi connectivity index (χ3v) is 2.37. The van der Waals surface area contributed by atoms with Crippen LogP contribution in [0.5, 0.6) is 0 Å². The molecular weight excluding hydrogens is 198 g/mol. The first-order chi connectivity index (χ1) is 7.20. The van der Waals surface area contributed by atoms with Crippen LogP contribution in [0.1, 0.15) is 29.7 Å². The van der Waals surface area contributed by atoms with Crippen molar-refractivity contribution in [3.63, 3.8) is 0 Å². The van der Waals surface area contributed by atoms with E-state index in [0.29, 0.717) is 6.54 Å². The van der Waals surface area contributed by atoms with Crippen LogP contribution in [0.2, 0.25) is 0 Å². The number of ether oxygens (including phenoxy) is 1. The molecule has 2 atom stereocenters. The van der Waals surface area contributed by atoms with Crippen LogP contribution in [0.3, 0.4) is 0 Å². The minimum Gasteiger partial charge on any atom is -0.363 e. The first-order valence-electron chi connectivity index (χ1n) is 4.77. The van der Waals surface area contributed by atoms with Crippen molar-refractivity contribution in [3.05, 3.63) is 12.2 Å². The van der Waals surface area contributed by atoms with Crippen LogP contribution in [0.25, 0.3) is 0 Å². The van der Waals surface area contributed by atoms with E-state index in [1.54, 1.807) is 0 Å². The Morgan fingerprint density at radius 1 is 1.67 bits per heavy atom. The summed E-state index contributed by atoms with van der Waals surface area (Å²) in [4.78, 5) is 14.5. The van der Waals surface area contributed by atoms with Crippen molar-refractivity contribution in [3.8, 4) is 0 Å². The lowest BCUT2D eigenvalue weighted by Crippen LogP contribution is -2.20. The van der Waals surface area contributed by atoms with E-state index >= 15 is 0 Å². The van der Waals surface area contributed by atoms with Gasteiger partial charge in [0.2, 0.25) is 5.82 Å². The molecule has 1 aliphatic heterocycles. The molecule has 1 aliphatic rings. The van der Waals surface area contributed by atoms with Gasteiger partial charge >= 0.3 is 0 Å². The number of amides is 1. The van der Waals surface area contributed by atoms with Gasteiger partial charge in [0.05, 0.1) is 6.10 Å². The van der Waals surface area contributed by atoms with Gasteiger partial charge in [0.25, 0.3) is 5.91 Å². The van der Waals surface area contributed by atoms with Gasteiger partial charge < -0.3 is 16.2 Å². The summed E-state index contributed by atoms with van der Waals surface area (Å²) in [5.74, 6) is -0.628. The third-order valence-electron chi connectivity index (χ3n) is 2.37. The minimum absolute atomic E-state index is 0.00907. The van der Waals surface area contributed by atoms with Crippen LogP contribution in [0.4, 0.5) is 0 Å². The molecule has 0 saturated carbocycles. The predicted octanol–water partition coefficient (Wildman–Crippen LogP) is -0.987. The van der Waals surface area contributed by atoms with E-state index in [-0.39, 0.29) is 18.2 Å². The minimum atomic E-state index is -0.637. The summed E-state index contributed by atoms with van der Waals surface area (Å²) in [6, 6.07) is 0. The number of aromatic nitrogens is 3. The van der Waals surface area contributed by atoms with Gasteiger partial charge in [-0.3, -0.25) is 4.79 Å². The van der Waals surface area contributed by atoms with Crippen molar-refractivity contribution in [2.24, 2.45) is 11.5 Å². The topological polar surface area (TPSA) is 109 Å². The summed E-state index contributed by atoms with van der Waals surface area (Å²) in [6.07, 6.45) is 3.05. The van der Waals surface area contributed by atoms with Crippen LogP contribution in [-0.4, -0.2) is 33.3 Å². The van der Waals surface area contributed by atoms with Gasteiger partial charge in [0.1, 0.15) is 6.33 Å². The molecule has 2 unspecified atom stereocenters. The van der Waals surface area contributed by atoms with Crippen molar-refractivity contribution in [2.75, 3.05) is 6.54 Å². The molecule has 7 nitrogen and oxygen atoms in total. The molecule has 0 aliphatic carbocycles. The maximum absolute atomic E-state index is 10.8. The Labute approximate surface area is 86.4 Å². The zero-order valence-electron chi connectivity index (χ0n) is 8.17. The lowest BCUT2D eigenvalue weighted by molar-refractivity contribution is -0.00126. The Balaban J connectivity index is 2.07. The second-order valence-electron chi connectivity index (χ2n) is 3.44. The fourth-order valence-corrected chi connectivity index (χ4v) is 1.58. The standard InChI is InChI=1S/C8H13N5O2/c9-3-5-1-2-6(15-5)13-4-11-8(12-13)7(10)14/h4-6H,1-3,9H2,(H2,10,14). The Morgan fingerprint density at radius 2 is 2.47 bits per heavy atom. The molecular formula is C8H13N5O2. The summed E-state index contributed by atoms with van der Waals surface area (Å²) in [7, 11) is 0. The first kappa shape index (κ1) is 10.1. The van der Waals surface area contributed by atoms with Crippen molar-refractivity contribution >= 4 is 5.91 Å². The normalized spacial score (nSPS) is 25.7. The molecule has 7 heteroatoms. The molecule has 1 fully saturated rings. The molecule has 0 spiro atoms. The van der Waals surface area contributed by atoms with Crippen molar-refractivity contribution in [1.29, 1.82) is 0 Å². The molecule has 15 heavy (non-hydrogen) atoms. The van der Waals surface area contributed by atoms with E-state index in [2.05, 4.69) is 10.1 Å². The van der Waals surface area contributed by atoms with Gasteiger partial charge in [-0.15, -0.1) is 5.10 Å². The summed E-state index contributed by atoms with van der Waals surface area (Å²) < 4.78 is 7.08. The van der Waals surface area contributed by atoms with Crippen LogP contribution in [0.15, 0.2) is 6.33 Å². The lowest BCUT2D eigenvalue weighted by Gasteiger charge is -2.11. The van der Waals surface area contributed by atoms with Crippen LogP contribution in [-0.2, 0) is 4.74 Å². The highest BCUT2D eigenvalue weighted by Gasteiger charge is 2.26. The summed E-state index contributed by atoms with van der Waals surface area (Å²) in [5, 5.41) is 3.93. The monoisotopic (exact) mass is 211 g/mol. The van der Waals surface area contributed by atoms with Gasteiger partial charge in [-0.1, -0.05) is 0 Å². The molecule has 0 aromatic carbocycles. The Bertz CT molecular complexity index is 364. The Morgan fingerprint density at radius 3 is 3.00 bits per heavy atom. The average molecular weight is 211 g/mol. The van der Waals surface area contributed by atoms with Crippen LogP contribution in [0, 0.1) is 0 Å². The maximum atomic E-state index is 10.8. The molecule has 82 valence electrons. The molecule has 1 amide bonds. The molecule has 1 aromatic heterocycles. The molecule has 2 rings (SSSR count). The number of hydrogen-bond acceptors (Lipinski definition) is 5.